The van der Waals surface area contributed by atoms with Gasteiger partial charge >= 0.3 is 0 Å². The van der Waals surface area contributed by atoms with Gasteiger partial charge in [0.15, 0.2) is 5.82 Å². The second-order valence-corrected chi connectivity index (χ2v) is 4.79. The van der Waals surface area contributed by atoms with Gasteiger partial charge in [0.2, 0.25) is 5.88 Å². The van der Waals surface area contributed by atoms with E-state index in [1.54, 1.807) is 0 Å². The molecule has 1 fully saturated rings. The first-order valence-corrected chi connectivity index (χ1v) is 7.30. The van der Waals surface area contributed by atoms with E-state index >= 15 is 0 Å². The highest BCUT2D eigenvalue weighted by atomic mass is 16.5. The first-order chi connectivity index (χ1) is 9.81. The summed E-state index contributed by atoms with van der Waals surface area (Å²) in [6.07, 6.45) is 2.60. The van der Waals surface area contributed by atoms with Crippen LogP contribution in [0.15, 0.2) is 6.07 Å². The first-order valence-electron chi connectivity index (χ1n) is 7.30. The number of anilines is 1. The zero-order chi connectivity index (χ0) is 14.2. The molecule has 1 aromatic heterocycles. The summed E-state index contributed by atoms with van der Waals surface area (Å²) in [7, 11) is 1.83. The Kier molecular flexibility index (Phi) is 6.01. The molecule has 0 aliphatic carbocycles. The Morgan fingerprint density at radius 1 is 1.30 bits per heavy atom. The van der Waals surface area contributed by atoms with Crippen LogP contribution in [-0.2, 0) is 11.3 Å². The van der Waals surface area contributed by atoms with Crippen molar-refractivity contribution in [2.24, 2.45) is 0 Å². The molecule has 0 spiro atoms. The van der Waals surface area contributed by atoms with E-state index in [4.69, 9.17) is 9.47 Å². The molecule has 112 valence electrons. The van der Waals surface area contributed by atoms with Crippen LogP contribution in [0.5, 0.6) is 5.88 Å². The molecule has 0 amide bonds. The number of likely N-dealkylation sites (tertiary alicyclic amines) is 1. The molecule has 6 heteroatoms. The highest BCUT2D eigenvalue weighted by Gasteiger charge is 2.11. The molecule has 6 nitrogen and oxygen atoms in total. The summed E-state index contributed by atoms with van der Waals surface area (Å²) in [4.78, 5) is 11.1. The highest BCUT2D eigenvalue weighted by Crippen LogP contribution is 2.14. The lowest BCUT2D eigenvalue weighted by atomic mass is 10.4. The minimum Gasteiger partial charge on any atom is -0.476 e. The normalized spacial score (nSPS) is 15.5. The molecule has 1 N–H and O–H groups in total. The van der Waals surface area contributed by atoms with Crippen LogP contribution in [0.2, 0.25) is 0 Å². The third kappa shape index (κ3) is 4.61. The fourth-order valence-electron chi connectivity index (χ4n) is 2.22. The van der Waals surface area contributed by atoms with Gasteiger partial charge in [0.05, 0.1) is 0 Å². The Morgan fingerprint density at radius 2 is 2.10 bits per heavy atom. The Morgan fingerprint density at radius 3 is 2.80 bits per heavy atom. The van der Waals surface area contributed by atoms with Crippen LogP contribution in [0, 0.1) is 0 Å². The number of hydrogen-bond acceptors (Lipinski definition) is 6. The number of aromatic nitrogens is 2. The third-order valence-electron chi connectivity index (χ3n) is 3.30. The monoisotopic (exact) mass is 280 g/mol. The topological polar surface area (TPSA) is 59.5 Å². The second-order valence-electron chi connectivity index (χ2n) is 4.79. The summed E-state index contributed by atoms with van der Waals surface area (Å²) in [6.45, 7) is 7.01. The Labute approximate surface area is 120 Å². The molecular weight excluding hydrogens is 256 g/mol. The molecule has 1 aliphatic heterocycles. The van der Waals surface area contributed by atoms with Crippen molar-refractivity contribution in [1.82, 2.24) is 14.9 Å². The van der Waals surface area contributed by atoms with Crippen molar-refractivity contribution in [2.75, 3.05) is 45.2 Å². The molecule has 0 bridgehead atoms. The quantitative estimate of drug-likeness (QED) is 0.779. The molecule has 20 heavy (non-hydrogen) atoms. The predicted molar refractivity (Wildman–Crippen MR) is 78.1 cm³/mol. The van der Waals surface area contributed by atoms with Crippen molar-refractivity contribution in [1.29, 1.82) is 0 Å². The van der Waals surface area contributed by atoms with E-state index in [1.165, 1.54) is 25.9 Å². The van der Waals surface area contributed by atoms with Crippen molar-refractivity contribution in [3.05, 3.63) is 11.9 Å². The zero-order valence-corrected chi connectivity index (χ0v) is 12.4. The number of nitrogens with one attached hydrogen (secondary N) is 1. The minimum atomic E-state index is 0.411. The van der Waals surface area contributed by atoms with Crippen LogP contribution >= 0.6 is 0 Å². The number of ether oxygens (including phenoxy) is 2. The van der Waals surface area contributed by atoms with Crippen molar-refractivity contribution in [2.45, 2.75) is 26.4 Å². The lowest BCUT2D eigenvalue weighted by molar-refractivity contribution is 0.127. The van der Waals surface area contributed by atoms with E-state index < -0.39 is 0 Å². The molecular formula is C14H24N4O2. The molecule has 1 aromatic rings. The van der Waals surface area contributed by atoms with Gasteiger partial charge in [-0.3, -0.25) is 4.90 Å². The smallest absolute Gasteiger partial charge is 0.218 e. The Balaban J connectivity index is 1.87. The van der Waals surface area contributed by atoms with Gasteiger partial charge in [-0.25, -0.2) is 4.98 Å². The van der Waals surface area contributed by atoms with Crippen LogP contribution < -0.4 is 10.1 Å². The SMILES string of the molecule is CCOCc1nc(NC)cc(OCCN2CCCC2)n1. The maximum Gasteiger partial charge on any atom is 0.218 e. The van der Waals surface area contributed by atoms with Crippen molar-refractivity contribution < 1.29 is 9.47 Å². The summed E-state index contributed by atoms with van der Waals surface area (Å²) in [5.74, 6) is 2.01. The van der Waals surface area contributed by atoms with E-state index in [0.717, 1.165) is 12.4 Å². The van der Waals surface area contributed by atoms with E-state index in [1.807, 2.05) is 20.0 Å². The van der Waals surface area contributed by atoms with Crippen LogP contribution in [0.4, 0.5) is 5.82 Å². The van der Waals surface area contributed by atoms with Crippen LogP contribution in [0.3, 0.4) is 0 Å². The van der Waals surface area contributed by atoms with E-state index in [0.29, 0.717) is 31.5 Å². The van der Waals surface area contributed by atoms with Crippen LogP contribution in [-0.4, -0.2) is 54.8 Å². The Hall–Kier alpha value is -1.40. The molecule has 2 heterocycles. The fourth-order valence-corrected chi connectivity index (χ4v) is 2.22. The first kappa shape index (κ1) is 15.0. The van der Waals surface area contributed by atoms with Crippen LogP contribution in [0.25, 0.3) is 0 Å². The fraction of sp³-hybridized carbons (Fsp3) is 0.714. The van der Waals surface area contributed by atoms with Crippen molar-refractivity contribution >= 4 is 5.82 Å². The van der Waals surface area contributed by atoms with Gasteiger partial charge in [-0.15, -0.1) is 0 Å². The highest BCUT2D eigenvalue weighted by molar-refractivity contribution is 5.37. The standard InChI is InChI=1S/C14H24N4O2/c1-3-19-11-13-16-12(15-2)10-14(17-13)20-9-8-18-6-4-5-7-18/h10H,3-9,11H2,1-2H3,(H,15,16,17). The van der Waals surface area contributed by atoms with E-state index in [2.05, 4.69) is 20.2 Å². The van der Waals surface area contributed by atoms with Crippen LogP contribution in [0.1, 0.15) is 25.6 Å². The summed E-state index contributed by atoms with van der Waals surface area (Å²) in [5, 5.41) is 3.02. The molecule has 1 aliphatic rings. The number of nitrogens with zero attached hydrogens (tertiary/aromatic N) is 3. The molecule has 0 radical (unpaired) electrons. The lowest BCUT2D eigenvalue weighted by Crippen LogP contribution is -2.25. The molecule has 0 aromatic carbocycles. The van der Waals surface area contributed by atoms with E-state index in [-0.39, 0.29) is 0 Å². The van der Waals surface area contributed by atoms with Gasteiger partial charge in [0.1, 0.15) is 19.0 Å². The van der Waals surface area contributed by atoms with Gasteiger partial charge in [-0.2, -0.15) is 4.98 Å². The molecule has 0 unspecified atom stereocenters. The van der Waals surface area contributed by atoms with Crippen molar-refractivity contribution in [3.8, 4) is 5.88 Å². The second kappa shape index (κ2) is 8.01. The van der Waals surface area contributed by atoms with Gasteiger partial charge in [0.25, 0.3) is 0 Å². The summed E-state index contributed by atoms with van der Waals surface area (Å²) < 4.78 is 11.1. The third-order valence-corrected chi connectivity index (χ3v) is 3.30. The lowest BCUT2D eigenvalue weighted by Gasteiger charge is -2.15. The van der Waals surface area contributed by atoms with Gasteiger partial charge in [-0.1, -0.05) is 0 Å². The molecule has 0 saturated carbocycles. The molecule has 2 rings (SSSR count). The average Bonchev–Trinajstić information content (AvgIpc) is 2.98. The summed E-state index contributed by atoms with van der Waals surface area (Å²) in [5.41, 5.74) is 0. The van der Waals surface area contributed by atoms with Gasteiger partial charge in [0, 0.05) is 26.3 Å². The van der Waals surface area contributed by atoms with E-state index in [9.17, 15) is 0 Å². The minimum absolute atomic E-state index is 0.411. The molecule has 1 saturated heterocycles. The maximum atomic E-state index is 5.74. The Bertz CT molecular complexity index is 408. The average molecular weight is 280 g/mol. The zero-order valence-electron chi connectivity index (χ0n) is 12.4. The number of rotatable bonds is 8. The summed E-state index contributed by atoms with van der Waals surface area (Å²) in [6, 6.07) is 1.82. The maximum absolute atomic E-state index is 5.74. The predicted octanol–water partition coefficient (Wildman–Crippen LogP) is 1.53. The largest absolute Gasteiger partial charge is 0.476 e. The number of hydrogen-bond donors (Lipinski definition) is 1. The molecule has 0 atom stereocenters. The van der Waals surface area contributed by atoms with Crippen molar-refractivity contribution in [3.63, 3.8) is 0 Å². The van der Waals surface area contributed by atoms with Gasteiger partial charge in [-0.05, 0) is 32.9 Å². The van der Waals surface area contributed by atoms with Gasteiger partial charge < -0.3 is 14.8 Å². The summed E-state index contributed by atoms with van der Waals surface area (Å²) >= 11 is 0.